The Balaban J connectivity index is 1.90. The quantitative estimate of drug-likeness (QED) is 0.741. The Morgan fingerprint density at radius 1 is 0.941 bits per heavy atom. The number of thiocarbonyl (C=S) groups is 1. The summed E-state index contributed by atoms with van der Waals surface area (Å²) in [4.78, 5) is 0. The Hall–Kier alpha value is -1.67. The highest BCUT2D eigenvalue weighted by atomic mass is 32.1. The van der Waals surface area contributed by atoms with Gasteiger partial charge in [-0.3, -0.25) is 0 Å². The molecular formula is C15H12OS. The lowest BCUT2D eigenvalue weighted by atomic mass is 10.00. The van der Waals surface area contributed by atoms with Crippen molar-refractivity contribution >= 4 is 17.3 Å². The van der Waals surface area contributed by atoms with Gasteiger partial charge in [0.2, 0.25) is 0 Å². The van der Waals surface area contributed by atoms with Crippen molar-refractivity contribution in [2.75, 3.05) is 0 Å². The van der Waals surface area contributed by atoms with E-state index in [0.717, 1.165) is 12.0 Å². The zero-order valence-electron chi connectivity index (χ0n) is 9.30. The Morgan fingerprint density at radius 3 is 2.47 bits per heavy atom. The van der Waals surface area contributed by atoms with Crippen LogP contribution in [0.5, 0.6) is 0 Å². The van der Waals surface area contributed by atoms with Crippen LogP contribution in [0, 0.1) is 0 Å². The van der Waals surface area contributed by atoms with Gasteiger partial charge in [0.05, 0.1) is 0 Å². The Morgan fingerprint density at radius 2 is 1.65 bits per heavy atom. The van der Waals surface area contributed by atoms with Crippen LogP contribution in [0.4, 0.5) is 0 Å². The minimum absolute atomic E-state index is 0.0705. The van der Waals surface area contributed by atoms with Gasteiger partial charge in [0.15, 0.2) is 5.05 Å². The molecule has 3 rings (SSSR count). The van der Waals surface area contributed by atoms with E-state index in [1.165, 1.54) is 11.1 Å². The first-order valence-corrected chi connectivity index (χ1v) is 6.09. The van der Waals surface area contributed by atoms with Crippen molar-refractivity contribution in [1.29, 1.82) is 0 Å². The van der Waals surface area contributed by atoms with Crippen LogP contribution in [0.2, 0.25) is 0 Å². The molecule has 0 fully saturated rings. The first-order valence-electron chi connectivity index (χ1n) is 5.68. The lowest BCUT2D eigenvalue weighted by molar-refractivity contribution is 0.216. The summed E-state index contributed by atoms with van der Waals surface area (Å²) in [5, 5.41) is 0.626. The van der Waals surface area contributed by atoms with Crippen LogP contribution in [0.25, 0.3) is 0 Å². The Labute approximate surface area is 106 Å². The molecule has 0 saturated carbocycles. The maximum atomic E-state index is 5.77. The number of ether oxygens (including phenoxy) is 1. The molecule has 1 nitrogen and oxygen atoms in total. The minimum Gasteiger partial charge on any atom is -0.474 e. The van der Waals surface area contributed by atoms with E-state index in [1.54, 1.807) is 0 Å². The smallest absolute Gasteiger partial charge is 0.192 e. The third kappa shape index (κ3) is 1.96. The van der Waals surface area contributed by atoms with Gasteiger partial charge in [0.1, 0.15) is 6.10 Å². The van der Waals surface area contributed by atoms with Gasteiger partial charge in [-0.2, -0.15) is 0 Å². The second kappa shape index (κ2) is 4.30. The molecule has 0 spiro atoms. The van der Waals surface area contributed by atoms with E-state index >= 15 is 0 Å². The molecule has 17 heavy (non-hydrogen) atoms. The van der Waals surface area contributed by atoms with Gasteiger partial charge in [-0.1, -0.05) is 48.5 Å². The topological polar surface area (TPSA) is 9.23 Å². The van der Waals surface area contributed by atoms with Crippen molar-refractivity contribution in [3.8, 4) is 0 Å². The van der Waals surface area contributed by atoms with E-state index in [-0.39, 0.29) is 6.10 Å². The van der Waals surface area contributed by atoms with Crippen molar-refractivity contribution in [3.63, 3.8) is 0 Å². The van der Waals surface area contributed by atoms with Crippen LogP contribution >= 0.6 is 12.2 Å². The molecule has 1 atom stereocenters. The maximum absolute atomic E-state index is 5.77. The number of rotatable bonds is 2. The molecule has 0 N–H and O–H groups in total. The molecule has 0 aromatic heterocycles. The van der Waals surface area contributed by atoms with Crippen LogP contribution in [0.15, 0.2) is 54.6 Å². The summed E-state index contributed by atoms with van der Waals surface area (Å²) >= 11 is 5.24. The van der Waals surface area contributed by atoms with E-state index in [4.69, 9.17) is 17.0 Å². The van der Waals surface area contributed by atoms with Crippen LogP contribution in [0.3, 0.4) is 0 Å². The molecule has 1 heterocycles. The van der Waals surface area contributed by atoms with Crippen molar-refractivity contribution in [1.82, 2.24) is 0 Å². The molecule has 1 unspecified atom stereocenters. The predicted molar refractivity (Wildman–Crippen MR) is 72.1 cm³/mol. The summed E-state index contributed by atoms with van der Waals surface area (Å²) in [6, 6.07) is 18.5. The normalized spacial score (nSPS) is 17.6. The van der Waals surface area contributed by atoms with Crippen LogP contribution in [-0.2, 0) is 11.2 Å². The zero-order valence-corrected chi connectivity index (χ0v) is 10.1. The van der Waals surface area contributed by atoms with E-state index in [2.05, 4.69) is 30.3 Å². The van der Waals surface area contributed by atoms with Crippen molar-refractivity contribution < 1.29 is 4.74 Å². The highest BCUT2D eigenvalue weighted by molar-refractivity contribution is 7.80. The summed E-state index contributed by atoms with van der Waals surface area (Å²) in [6.45, 7) is 0. The number of hydrogen-bond donors (Lipinski definition) is 0. The summed E-state index contributed by atoms with van der Waals surface area (Å²) in [5.74, 6) is 0. The Kier molecular flexibility index (Phi) is 2.65. The third-order valence-corrected chi connectivity index (χ3v) is 3.36. The maximum Gasteiger partial charge on any atom is 0.192 e. The second-order valence-electron chi connectivity index (χ2n) is 4.17. The number of hydrogen-bond acceptors (Lipinski definition) is 2. The zero-order chi connectivity index (χ0) is 11.7. The van der Waals surface area contributed by atoms with Crippen LogP contribution in [0.1, 0.15) is 22.8 Å². The molecule has 1 aliphatic rings. The first-order chi connectivity index (χ1) is 8.34. The third-order valence-electron chi connectivity index (χ3n) is 3.04. The van der Waals surface area contributed by atoms with Gasteiger partial charge in [-0.25, -0.2) is 0 Å². The van der Waals surface area contributed by atoms with E-state index in [0.29, 0.717) is 5.05 Å². The van der Waals surface area contributed by atoms with Crippen molar-refractivity contribution in [2.45, 2.75) is 12.5 Å². The SMILES string of the molecule is S=C1OC(Cc2ccccc2)c2ccccc21. The molecule has 2 aromatic carbocycles. The summed E-state index contributed by atoms with van der Waals surface area (Å²) in [6.07, 6.45) is 0.943. The van der Waals surface area contributed by atoms with E-state index < -0.39 is 0 Å². The average molecular weight is 240 g/mol. The summed E-state index contributed by atoms with van der Waals surface area (Å²) in [7, 11) is 0. The molecule has 2 aromatic rings. The fraction of sp³-hybridized carbons (Fsp3) is 0.133. The number of benzene rings is 2. The summed E-state index contributed by atoms with van der Waals surface area (Å²) < 4.78 is 5.77. The predicted octanol–water partition coefficient (Wildman–Crippen LogP) is 3.68. The van der Waals surface area contributed by atoms with Gasteiger partial charge in [-0.05, 0) is 23.8 Å². The van der Waals surface area contributed by atoms with Gasteiger partial charge < -0.3 is 4.74 Å². The molecule has 0 amide bonds. The van der Waals surface area contributed by atoms with E-state index in [1.807, 2.05) is 24.3 Å². The molecular weight excluding hydrogens is 228 g/mol. The second-order valence-corrected chi connectivity index (χ2v) is 4.54. The highest BCUT2D eigenvalue weighted by Crippen LogP contribution is 2.33. The highest BCUT2D eigenvalue weighted by Gasteiger charge is 2.27. The summed E-state index contributed by atoms with van der Waals surface area (Å²) in [5.41, 5.74) is 3.56. The van der Waals surface area contributed by atoms with Crippen molar-refractivity contribution in [3.05, 3.63) is 71.3 Å². The number of fused-ring (bicyclic) bond motifs is 1. The fourth-order valence-electron chi connectivity index (χ4n) is 2.20. The van der Waals surface area contributed by atoms with Gasteiger partial charge in [0.25, 0.3) is 0 Å². The van der Waals surface area contributed by atoms with Gasteiger partial charge >= 0.3 is 0 Å². The van der Waals surface area contributed by atoms with Crippen LogP contribution in [-0.4, -0.2) is 5.05 Å². The average Bonchev–Trinajstić information content (AvgIpc) is 2.69. The lowest BCUT2D eigenvalue weighted by Gasteiger charge is -2.11. The minimum atomic E-state index is 0.0705. The monoisotopic (exact) mass is 240 g/mol. The fourth-order valence-corrected chi connectivity index (χ4v) is 2.50. The molecule has 2 heteroatoms. The Bertz CT molecular complexity index is 548. The van der Waals surface area contributed by atoms with Gasteiger partial charge in [0, 0.05) is 17.5 Å². The largest absolute Gasteiger partial charge is 0.474 e. The van der Waals surface area contributed by atoms with Crippen molar-refractivity contribution in [2.24, 2.45) is 0 Å². The molecule has 84 valence electrons. The standard InChI is InChI=1S/C15H12OS/c17-15-13-9-5-4-8-12(13)14(16-15)10-11-6-2-1-3-7-11/h1-9,14H,10H2. The molecule has 0 bridgehead atoms. The molecule has 0 radical (unpaired) electrons. The lowest BCUT2D eigenvalue weighted by Crippen LogP contribution is -2.01. The molecule has 0 saturated heterocycles. The van der Waals surface area contributed by atoms with Crippen LogP contribution < -0.4 is 0 Å². The van der Waals surface area contributed by atoms with Gasteiger partial charge in [-0.15, -0.1) is 0 Å². The first kappa shape index (κ1) is 10.5. The van der Waals surface area contributed by atoms with E-state index in [9.17, 15) is 0 Å². The molecule has 1 aliphatic heterocycles. The molecule has 0 aliphatic carbocycles.